The molecule has 0 saturated carbocycles. The molecular formula is C16H19N3O2. The highest BCUT2D eigenvalue weighted by Gasteiger charge is 2.35. The van der Waals surface area contributed by atoms with Gasteiger partial charge in [-0.2, -0.15) is 0 Å². The summed E-state index contributed by atoms with van der Waals surface area (Å²) < 4.78 is 0. The maximum atomic E-state index is 11.8. The fourth-order valence-corrected chi connectivity index (χ4v) is 3.79. The summed E-state index contributed by atoms with van der Waals surface area (Å²) in [7, 11) is 1.67. The van der Waals surface area contributed by atoms with E-state index in [1.807, 2.05) is 12.1 Å². The number of nitrogens with zero attached hydrogens (tertiary/aromatic N) is 3. The third-order valence-corrected chi connectivity index (χ3v) is 5.04. The van der Waals surface area contributed by atoms with Gasteiger partial charge in [0.2, 0.25) is 0 Å². The lowest BCUT2D eigenvalue weighted by molar-refractivity contribution is -0.114. The predicted molar refractivity (Wildman–Crippen MR) is 81.0 cm³/mol. The number of ketones is 1. The van der Waals surface area contributed by atoms with E-state index in [-0.39, 0.29) is 5.78 Å². The summed E-state index contributed by atoms with van der Waals surface area (Å²) in [5, 5.41) is 0. The standard InChI is InChI=1S/C16H19N3O2/c1-17-14-9-11(4-5-13(14)15(20)16(17)21)19-8-7-18-6-2-3-12(18)10-19/h4-5,9,12H,2-3,6-8,10H2,1H3. The number of anilines is 2. The van der Waals surface area contributed by atoms with Crippen LogP contribution in [0.4, 0.5) is 11.4 Å². The summed E-state index contributed by atoms with van der Waals surface area (Å²) in [6.07, 6.45) is 2.58. The highest BCUT2D eigenvalue weighted by Crippen LogP contribution is 2.33. The lowest BCUT2D eigenvalue weighted by atomic mass is 10.1. The molecule has 5 heteroatoms. The first-order valence-electron chi connectivity index (χ1n) is 7.60. The van der Waals surface area contributed by atoms with Crippen molar-refractivity contribution in [2.75, 3.05) is 43.0 Å². The van der Waals surface area contributed by atoms with Gasteiger partial charge in [0.05, 0.1) is 11.3 Å². The summed E-state index contributed by atoms with van der Waals surface area (Å²) in [4.78, 5) is 30.0. The van der Waals surface area contributed by atoms with Gasteiger partial charge in [0.1, 0.15) is 0 Å². The topological polar surface area (TPSA) is 43.9 Å². The number of likely N-dealkylation sites (N-methyl/N-ethyl adjacent to an activating group) is 1. The summed E-state index contributed by atoms with van der Waals surface area (Å²) in [5.41, 5.74) is 2.40. The summed E-state index contributed by atoms with van der Waals surface area (Å²) in [6.45, 7) is 4.40. The monoisotopic (exact) mass is 285 g/mol. The smallest absolute Gasteiger partial charge is 0.299 e. The van der Waals surface area contributed by atoms with Crippen LogP contribution in [-0.2, 0) is 4.79 Å². The number of benzene rings is 1. The molecule has 1 atom stereocenters. The molecule has 3 aliphatic rings. The first-order valence-corrected chi connectivity index (χ1v) is 7.60. The van der Waals surface area contributed by atoms with Gasteiger partial charge in [-0.15, -0.1) is 0 Å². The van der Waals surface area contributed by atoms with Crippen molar-refractivity contribution in [3.63, 3.8) is 0 Å². The lowest BCUT2D eigenvalue weighted by Crippen LogP contribution is -2.50. The number of amides is 1. The molecule has 3 aliphatic heterocycles. The lowest BCUT2D eigenvalue weighted by Gasteiger charge is -2.39. The van der Waals surface area contributed by atoms with E-state index in [1.54, 1.807) is 13.1 Å². The van der Waals surface area contributed by atoms with Crippen LogP contribution in [0.25, 0.3) is 0 Å². The van der Waals surface area contributed by atoms with Crippen LogP contribution < -0.4 is 9.80 Å². The molecule has 0 aromatic heterocycles. The molecule has 1 amide bonds. The zero-order valence-electron chi connectivity index (χ0n) is 12.2. The van der Waals surface area contributed by atoms with E-state index in [2.05, 4.69) is 9.80 Å². The molecule has 1 aromatic carbocycles. The molecule has 110 valence electrons. The number of hydrogen-bond donors (Lipinski definition) is 0. The Hall–Kier alpha value is -1.88. The van der Waals surface area contributed by atoms with Gasteiger partial charge in [-0.05, 0) is 37.6 Å². The van der Waals surface area contributed by atoms with Crippen molar-refractivity contribution in [2.45, 2.75) is 18.9 Å². The maximum Gasteiger partial charge on any atom is 0.299 e. The third-order valence-electron chi connectivity index (χ3n) is 5.04. The zero-order chi connectivity index (χ0) is 14.6. The quantitative estimate of drug-likeness (QED) is 0.726. The normalized spacial score (nSPS) is 25.5. The molecule has 1 unspecified atom stereocenters. The van der Waals surface area contributed by atoms with Crippen molar-refractivity contribution in [3.05, 3.63) is 23.8 Å². The first kappa shape index (κ1) is 12.8. The van der Waals surface area contributed by atoms with Gasteiger partial charge in [-0.1, -0.05) is 0 Å². The average molecular weight is 285 g/mol. The Labute approximate surface area is 124 Å². The van der Waals surface area contributed by atoms with E-state index in [1.165, 1.54) is 24.3 Å². The van der Waals surface area contributed by atoms with Crippen molar-refractivity contribution < 1.29 is 9.59 Å². The second kappa shape index (κ2) is 4.56. The highest BCUT2D eigenvalue weighted by molar-refractivity contribution is 6.52. The van der Waals surface area contributed by atoms with Crippen molar-refractivity contribution >= 4 is 23.1 Å². The Morgan fingerprint density at radius 1 is 1.14 bits per heavy atom. The molecule has 0 spiro atoms. The molecule has 2 fully saturated rings. The van der Waals surface area contributed by atoms with Gasteiger partial charge >= 0.3 is 0 Å². The van der Waals surface area contributed by atoms with Gasteiger partial charge in [0.15, 0.2) is 0 Å². The van der Waals surface area contributed by atoms with Gasteiger partial charge in [0, 0.05) is 38.4 Å². The van der Waals surface area contributed by atoms with Gasteiger partial charge in [-0.3, -0.25) is 14.5 Å². The number of fused-ring (bicyclic) bond motifs is 2. The molecule has 5 nitrogen and oxygen atoms in total. The minimum atomic E-state index is -0.428. The molecule has 0 aliphatic carbocycles. The molecule has 1 aromatic rings. The number of rotatable bonds is 1. The molecule has 0 N–H and O–H groups in total. The highest BCUT2D eigenvalue weighted by atomic mass is 16.2. The second-order valence-electron chi connectivity index (χ2n) is 6.17. The minimum absolute atomic E-state index is 0.389. The predicted octanol–water partition coefficient (Wildman–Crippen LogP) is 1.13. The minimum Gasteiger partial charge on any atom is -0.369 e. The Morgan fingerprint density at radius 3 is 2.86 bits per heavy atom. The van der Waals surface area contributed by atoms with Gasteiger partial charge in [-0.25, -0.2) is 0 Å². The van der Waals surface area contributed by atoms with E-state index >= 15 is 0 Å². The molecule has 0 radical (unpaired) electrons. The van der Waals surface area contributed by atoms with Gasteiger partial charge < -0.3 is 9.80 Å². The van der Waals surface area contributed by atoms with Crippen molar-refractivity contribution in [1.82, 2.24) is 4.90 Å². The van der Waals surface area contributed by atoms with Crippen LogP contribution in [0.2, 0.25) is 0 Å². The maximum absolute atomic E-state index is 11.8. The van der Waals surface area contributed by atoms with Crippen LogP contribution in [-0.4, -0.2) is 55.9 Å². The SMILES string of the molecule is CN1C(=O)C(=O)c2ccc(N3CCN4CCCC4C3)cc21. The van der Waals surface area contributed by atoms with Crippen molar-refractivity contribution in [3.8, 4) is 0 Å². The first-order chi connectivity index (χ1) is 10.1. The largest absolute Gasteiger partial charge is 0.369 e. The van der Waals surface area contributed by atoms with E-state index in [0.717, 1.165) is 31.0 Å². The third kappa shape index (κ3) is 1.87. The number of Topliss-reactive ketones (excluding diaryl/α,β-unsaturated/α-hetero) is 1. The molecule has 2 saturated heterocycles. The van der Waals surface area contributed by atoms with Crippen LogP contribution in [0.15, 0.2) is 18.2 Å². The molecular weight excluding hydrogens is 266 g/mol. The molecule has 0 bridgehead atoms. The Morgan fingerprint density at radius 2 is 2.00 bits per heavy atom. The van der Waals surface area contributed by atoms with E-state index < -0.39 is 5.91 Å². The fraction of sp³-hybridized carbons (Fsp3) is 0.500. The van der Waals surface area contributed by atoms with Crippen molar-refractivity contribution in [2.24, 2.45) is 0 Å². The fourth-order valence-electron chi connectivity index (χ4n) is 3.79. The summed E-state index contributed by atoms with van der Waals surface area (Å²) in [5.74, 6) is -0.817. The van der Waals surface area contributed by atoms with E-state index in [4.69, 9.17) is 0 Å². The Bertz CT molecular complexity index is 628. The summed E-state index contributed by atoms with van der Waals surface area (Å²) >= 11 is 0. The average Bonchev–Trinajstić information content (AvgIpc) is 3.06. The van der Waals surface area contributed by atoms with Crippen LogP contribution in [0.3, 0.4) is 0 Å². The number of carbonyl (C=O) groups excluding carboxylic acids is 2. The summed E-state index contributed by atoms with van der Waals surface area (Å²) in [6, 6.07) is 6.43. The van der Waals surface area contributed by atoms with Crippen LogP contribution >= 0.6 is 0 Å². The van der Waals surface area contributed by atoms with Crippen LogP contribution in [0, 0.1) is 0 Å². The number of hydrogen-bond acceptors (Lipinski definition) is 4. The number of carbonyl (C=O) groups is 2. The van der Waals surface area contributed by atoms with Crippen LogP contribution in [0.1, 0.15) is 23.2 Å². The molecule has 3 heterocycles. The Balaban J connectivity index is 1.63. The van der Waals surface area contributed by atoms with Crippen LogP contribution in [0.5, 0.6) is 0 Å². The van der Waals surface area contributed by atoms with Gasteiger partial charge in [0.25, 0.3) is 11.7 Å². The van der Waals surface area contributed by atoms with E-state index in [0.29, 0.717) is 11.6 Å². The molecule has 4 rings (SSSR count). The molecule has 21 heavy (non-hydrogen) atoms. The second-order valence-corrected chi connectivity index (χ2v) is 6.17. The Kier molecular flexibility index (Phi) is 2.79. The number of piperazine rings is 1. The van der Waals surface area contributed by atoms with E-state index in [9.17, 15) is 9.59 Å². The van der Waals surface area contributed by atoms with Crippen molar-refractivity contribution in [1.29, 1.82) is 0 Å². The zero-order valence-corrected chi connectivity index (χ0v) is 12.2.